The van der Waals surface area contributed by atoms with E-state index in [4.69, 9.17) is 4.52 Å². The molecule has 1 aromatic heterocycles. The van der Waals surface area contributed by atoms with Crippen LogP contribution in [0.4, 0.5) is 0 Å². The van der Waals surface area contributed by atoms with Crippen molar-refractivity contribution in [3.8, 4) is 11.3 Å². The first kappa shape index (κ1) is 13.0. The molecule has 4 heteroatoms. The van der Waals surface area contributed by atoms with Gasteiger partial charge in [-0.15, -0.1) is 0 Å². The quantitative estimate of drug-likeness (QED) is 0.940. The molecule has 0 aliphatic carbocycles. The number of nitrogens with one attached hydrogen (secondary N) is 1. The van der Waals surface area contributed by atoms with Crippen LogP contribution in [0.3, 0.4) is 0 Å². The number of nitrogens with zero attached hydrogens (tertiary/aromatic N) is 2. The van der Waals surface area contributed by atoms with E-state index in [1.807, 2.05) is 18.2 Å². The Balaban J connectivity index is 1.43. The Hall–Kier alpha value is -1.65. The summed E-state index contributed by atoms with van der Waals surface area (Å²) in [4.78, 5) is 2.49. The van der Waals surface area contributed by atoms with Crippen molar-refractivity contribution in [1.29, 1.82) is 0 Å². The molecule has 4 rings (SSSR count). The number of likely N-dealkylation sites (tertiary alicyclic amines) is 1. The Morgan fingerprint density at radius 1 is 1.24 bits per heavy atom. The van der Waals surface area contributed by atoms with Crippen LogP contribution in [-0.4, -0.2) is 35.7 Å². The molecule has 2 fully saturated rings. The van der Waals surface area contributed by atoms with Gasteiger partial charge in [-0.25, -0.2) is 0 Å². The van der Waals surface area contributed by atoms with E-state index in [0.717, 1.165) is 36.0 Å². The molecule has 2 atom stereocenters. The zero-order chi connectivity index (χ0) is 14.1. The average molecular weight is 283 g/mol. The second-order valence-corrected chi connectivity index (χ2v) is 6.20. The summed E-state index contributed by atoms with van der Waals surface area (Å²) in [5.74, 6) is 1.78. The van der Waals surface area contributed by atoms with E-state index in [1.54, 1.807) is 0 Å². The Labute approximate surface area is 125 Å². The molecular formula is C17H21N3O. The fraction of sp³-hybridized carbons (Fsp3) is 0.471. The number of rotatable bonds is 3. The molecule has 2 saturated heterocycles. The second kappa shape index (κ2) is 5.62. The number of hydrogen-bond acceptors (Lipinski definition) is 4. The third-order valence-corrected chi connectivity index (χ3v) is 4.68. The maximum atomic E-state index is 5.52. The summed E-state index contributed by atoms with van der Waals surface area (Å²) in [6.07, 6.45) is 2.68. The molecule has 0 spiro atoms. The smallest absolute Gasteiger partial charge is 0.151 e. The van der Waals surface area contributed by atoms with Crippen LogP contribution in [0.15, 0.2) is 40.9 Å². The summed E-state index contributed by atoms with van der Waals surface area (Å²) in [6.45, 7) is 4.36. The van der Waals surface area contributed by atoms with Gasteiger partial charge in [0.2, 0.25) is 0 Å². The highest BCUT2D eigenvalue weighted by atomic mass is 16.5. The fourth-order valence-corrected chi connectivity index (χ4v) is 3.62. The minimum atomic E-state index is 0.676. The molecule has 110 valence electrons. The standard InChI is InChI=1S/C17H21N3O/c1-2-5-13(6-3-1)16-9-15(21-19-16)11-20-10-14-7-4-8-18-17(14)12-20/h1-3,5-6,9,14,17-18H,4,7-8,10-12H2/t14-,17+/m0/s1. The molecule has 4 nitrogen and oxygen atoms in total. The first-order valence-electron chi connectivity index (χ1n) is 7.85. The number of piperidine rings is 1. The Bertz CT molecular complexity index is 581. The van der Waals surface area contributed by atoms with Crippen molar-refractivity contribution < 1.29 is 4.52 Å². The molecule has 21 heavy (non-hydrogen) atoms. The van der Waals surface area contributed by atoms with E-state index in [1.165, 1.54) is 25.9 Å². The van der Waals surface area contributed by atoms with Gasteiger partial charge in [0.15, 0.2) is 5.76 Å². The van der Waals surface area contributed by atoms with Crippen molar-refractivity contribution in [2.45, 2.75) is 25.4 Å². The Morgan fingerprint density at radius 3 is 3.00 bits per heavy atom. The SMILES string of the molecule is c1ccc(-c2cc(CN3C[C@@H]4CCCN[C@@H]4C3)on2)cc1. The zero-order valence-electron chi connectivity index (χ0n) is 12.2. The van der Waals surface area contributed by atoms with Gasteiger partial charge < -0.3 is 9.84 Å². The molecule has 0 saturated carbocycles. The molecule has 0 radical (unpaired) electrons. The first-order valence-corrected chi connectivity index (χ1v) is 7.85. The van der Waals surface area contributed by atoms with Crippen molar-refractivity contribution >= 4 is 0 Å². The lowest BCUT2D eigenvalue weighted by Gasteiger charge is -2.24. The van der Waals surface area contributed by atoms with Crippen LogP contribution in [0.25, 0.3) is 11.3 Å². The number of benzene rings is 1. The maximum absolute atomic E-state index is 5.52. The van der Waals surface area contributed by atoms with Crippen LogP contribution in [0, 0.1) is 5.92 Å². The lowest BCUT2D eigenvalue weighted by Crippen LogP contribution is -2.40. The highest BCUT2D eigenvalue weighted by molar-refractivity contribution is 5.58. The molecule has 0 bridgehead atoms. The summed E-state index contributed by atoms with van der Waals surface area (Å²) in [7, 11) is 0. The summed E-state index contributed by atoms with van der Waals surface area (Å²) < 4.78 is 5.52. The van der Waals surface area contributed by atoms with Gasteiger partial charge >= 0.3 is 0 Å². The monoisotopic (exact) mass is 283 g/mol. The van der Waals surface area contributed by atoms with Crippen LogP contribution < -0.4 is 5.32 Å². The van der Waals surface area contributed by atoms with Gasteiger partial charge in [0.1, 0.15) is 5.69 Å². The predicted octanol–water partition coefficient (Wildman–Crippen LogP) is 2.53. The number of hydrogen-bond donors (Lipinski definition) is 1. The molecule has 2 aliphatic rings. The van der Waals surface area contributed by atoms with Gasteiger partial charge in [-0.05, 0) is 25.3 Å². The maximum Gasteiger partial charge on any atom is 0.151 e. The lowest BCUT2D eigenvalue weighted by atomic mass is 9.94. The van der Waals surface area contributed by atoms with E-state index in [9.17, 15) is 0 Å². The summed E-state index contributed by atoms with van der Waals surface area (Å²) >= 11 is 0. The van der Waals surface area contributed by atoms with Crippen molar-refractivity contribution in [3.05, 3.63) is 42.2 Å². The van der Waals surface area contributed by atoms with Crippen LogP contribution in [-0.2, 0) is 6.54 Å². The second-order valence-electron chi connectivity index (χ2n) is 6.20. The lowest BCUT2D eigenvalue weighted by molar-refractivity contribution is 0.265. The topological polar surface area (TPSA) is 41.3 Å². The Morgan fingerprint density at radius 2 is 2.14 bits per heavy atom. The van der Waals surface area contributed by atoms with Crippen LogP contribution in [0.1, 0.15) is 18.6 Å². The van der Waals surface area contributed by atoms with E-state index in [-0.39, 0.29) is 0 Å². The van der Waals surface area contributed by atoms with Gasteiger partial charge in [0, 0.05) is 30.8 Å². The average Bonchev–Trinajstić information content (AvgIpc) is 3.14. The van der Waals surface area contributed by atoms with Crippen molar-refractivity contribution in [2.75, 3.05) is 19.6 Å². The summed E-state index contributed by atoms with van der Waals surface area (Å²) in [5, 5.41) is 7.84. The first-order chi connectivity index (χ1) is 10.4. The minimum Gasteiger partial charge on any atom is -0.359 e. The van der Waals surface area contributed by atoms with Crippen molar-refractivity contribution in [1.82, 2.24) is 15.4 Å². The molecule has 1 N–H and O–H groups in total. The van der Waals surface area contributed by atoms with Crippen molar-refractivity contribution in [3.63, 3.8) is 0 Å². The van der Waals surface area contributed by atoms with Gasteiger partial charge in [0.25, 0.3) is 0 Å². The van der Waals surface area contributed by atoms with E-state index < -0.39 is 0 Å². The summed E-state index contributed by atoms with van der Waals surface area (Å²) in [5.41, 5.74) is 2.05. The third-order valence-electron chi connectivity index (χ3n) is 4.68. The molecule has 0 amide bonds. The minimum absolute atomic E-state index is 0.676. The fourth-order valence-electron chi connectivity index (χ4n) is 3.62. The van der Waals surface area contributed by atoms with Crippen LogP contribution in [0.5, 0.6) is 0 Å². The van der Waals surface area contributed by atoms with Crippen LogP contribution in [0.2, 0.25) is 0 Å². The van der Waals surface area contributed by atoms with E-state index in [0.29, 0.717) is 6.04 Å². The van der Waals surface area contributed by atoms with E-state index in [2.05, 4.69) is 33.6 Å². The predicted molar refractivity (Wildman–Crippen MR) is 81.7 cm³/mol. The van der Waals surface area contributed by atoms with Gasteiger partial charge in [-0.3, -0.25) is 4.90 Å². The van der Waals surface area contributed by atoms with Crippen LogP contribution >= 0.6 is 0 Å². The van der Waals surface area contributed by atoms with Gasteiger partial charge in [-0.2, -0.15) is 0 Å². The molecular weight excluding hydrogens is 262 g/mol. The normalized spacial score (nSPS) is 25.9. The molecule has 3 heterocycles. The molecule has 2 aliphatic heterocycles. The highest BCUT2D eigenvalue weighted by Crippen LogP contribution is 2.27. The molecule has 0 unspecified atom stereocenters. The zero-order valence-corrected chi connectivity index (χ0v) is 12.2. The largest absolute Gasteiger partial charge is 0.359 e. The molecule has 1 aromatic carbocycles. The third kappa shape index (κ3) is 2.74. The van der Waals surface area contributed by atoms with E-state index >= 15 is 0 Å². The van der Waals surface area contributed by atoms with Gasteiger partial charge in [0.05, 0.1) is 6.54 Å². The van der Waals surface area contributed by atoms with Crippen molar-refractivity contribution in [2.24, 2.45) is 5.92 Å². The molecule has 2 aromatic rings. The number of aromatic nitrogens is 1. The number of fused-ring (bicyclic) bond motifs is 1. The Kier molecular flexibility index (Phi) is 3.49. The highest BCUT2D eigenvalue weighted by Gasteiger charge is 2.34. The summed E-state index contributed by atoms with van der Waals surface area (Å²) in [6, 6.07) is 13.0. The van der Waals surface area contributed by atoms with Gasteiger partial charge in [-0.1, -0.05) is 35.5 Å².